The summed E-state index contributed by atoms with van der Waals surface area (Å²) in [5.74, 6) is 2.39. The predicted molar refractivity (Wildman–Crippen MR) is 74.8 cm³/mol. The van der Waals surface area contributed by atoms with Crippen LogP contribution >= 0.6 is 11.8 Å². The minimum absolute atomic E-state index is 0.315. The normalized spacial score (nSPS) is 18.7. The standard InChI is InChI=1S/C14H19NO2S/c1-17-14(16)13(15)6-7-18-9-11-8-10-4-2-3-5-12(10)11/h2-5,11,13H,6-9,15H2,1H3. The molecule has 0 saturated carbocycles. The molecule has 18 heavy (non-hydrogen) atoms. The molecular weight excluding hydrogens is 246 g/mol. The van der Waals surface area contributed by atoms with Gasteiger partial charge in [0.2, 0.25) is 0 Å². The topological polar surface area (TPSA) is 52.3 Å². The van der Waals surface area contributed by atoms with Crippen molar-refractivity contribution in [2.24, 2.45) is 5.73 Å². The number of hydrogen-bond donors (Lipinski definition) is 1. The maximum atomic E-state index is 11.1. The highest BCUT2D eigenvalue weighted by Gasteiger charge is 2.25. The largest absolute Gasteiger partial charge is 0.468 e. The third kappa shape index (κ3) is 3.06. The molecule has 98 valence electrons. The zero-order chi connectivity index (χ0) is 13.0. The van der Waals surface area contributed by atoms with Gasteiger partial charge in [0, 0.05) is 5.75 Å². The molecule has 0 aromatic heterocycles. The number of rotatable bonds is 6. The first-order chi connectivity index (χ1) is 8.72. The monoisotopic (exact) mass is 265 g/mol. The van der Waals surface area contributed by atoms with E-state index in [0.717, 1.165) is 11.5 Å². The van der Waals surface area contributed by atoms with Gasteiger partial charge in [-0.3, -0.25) is 4.79 Å². The molecule has 0 saturated heterocycles. The van der Waals surface area contributed by atoms with Gasteiger partial charge in [-0.2, -0.15) is 11.8 Å². The van der Waals surface area contributed by atoms with Crippen molar-refractivity contribution in [3.8, 4) is 0 Å². The van der Waals surface area contributed by atoms with E-state index in [-0.39, 0.29) is 5.97 Å². The summed E-state index contributed by atoms with van der Waals surface area (Å²) in [6.07, 6.45) is 1.87. The number of esters is 1. The molecule has 2 rings (SSSR count). The zero-order valence-electron chi connectivity index (χ0n) is 10.6. The Morgan fingerprint density at radius 1 is 1.56 bits per heavy atom. The Balaban J connectivity index is 1.65. The van der Waals surface area contributed by atoms with Gasteiger partial charge in [0.15, 0.2) is 0 Å². The highest BCUT2D eigenvalue weighted by atomic mass is 32.2. The van der Waals surface area contributed by atoms with Crippen LogP contribution in [-0.4, -0.2) is 30.6 Å². The van der Waals surface area contributed by atoms with E-state index < -0.39 is 6.04 Å². The molecule has 2 N–H and O–H groups in total. The summed E-state index contributed by atoms with van der Waals surface area (Å²) >= 11 is 1.87. The second kappa shape index (κ2) is 6.25. The number of nitrogens with two attached hydrogens (primary N) is 1. The highest BCUT2D eigenvalue weighted by molar-refractivity contribution is 7.99. The Hall–Kier alpha value is -1.00. The lowest BCUT2D eigenvalue weighted by Gasteiger charge is -2.29. The molecule has 4 heteroatoms. The molecule has 0 radical (unpaired) electrons. The second-order valence-electron chi connectivity index (χ2n) is 4.59. The van der Waals surface area contributed by atoms with E-state index in [1.54, 1.807) is 0 Å². The summed E-state index contributed by atoms with van der Waals surface area (Å²) in [5.41, 5.74) is 8.65. The lowest BCUT2D eigenvalue weighted by atomic mass is 9.79. The van der Waals surface area contributed by atoms with Crippen LogP contribution in [0.15, 0.2) is 24.3 Å². The molecule has 0 bridgehead atoms. The van der Waals surface area contributed by atoms with Gasteiger partial charge >= 0.3 is 5.97 Å². The van der Waals surface area contributed by atoms with Crippen LogP contribution < -0.4 is 5.73 Å². The number of carbonyl (C=O) groups is 1. The zero-order valence-corrected chi connectivity index (χ0v) is 11.4. The molecule has 0 amide bonds. The molecule has 1 aromatic carbocycles. The summed E-state index contributed by atoms with van der Waals surface area (Å²) in [4.78, 5) is 11.1. The van der Waals surface area contributed by atoms with E-state index in [0.29, 0.717) is 12.3 Å². The van der Waals surface area contributed by atoms with Crippen molar-refractivity contribution in [3.05, 3.63) is 35.4 Å². The smallest absolute Gasteiger partial charge is 0.322 e. The summed E-state index contributed by atoms with van der Waals surface area (Å²) in [7, 11) is 1.38. The van der Waals surface area contributed by atoms with Crippen molar-refractivity contribution in [1.82, 2.24) is 0 Å². The van der Waals surface area contributed by atoms with Crippen LogP contribution in [0.2, 0.25) is 0 Å². The summed E-state index contributed by atoms with van der Waals surface area (Å²) in [6.45, 7) is 0. The molecule has 0 heterocycles. The van der Waals surface area contributed by atoms with E-state index in [1.165, 1.54) is 24.7 Å². The van der Waals surface area contributed by atoms with Gasteiger partial charge in [-0.25, -0.2) is 0 Å². The number of hydrogen-bond acceptors (Lipinski definition) is 4. The van der Waals surface area contributed by atoms with E-state index in [2.05, 4.69) is 29.0 Å². The van der Waals surface area contributed by atoms with Gasteiger partial charge in [-0.05, 0) is 35.6 Å². The molecule has 0 fully saturated rings. The van der Waals surface area contributed by atoms with Crippen molar-refractivity contribution in [3.63, 3.8) is 0 Å². The molecule has 0 aliphatic heterocycles. The van der Waals surface area contributed by atoms with Crippen molar-refractivity contribution in [2.45, 2.75) is 24.8 Å². The molecule has 3 nitrogen and oxygen atoms in total. The van der Waals surface area contributed by atoms with Gasteiger partial charge in [0.05, 0.1) is 7.11 Å². The first-order valence-corrected chi connectivity index (χ1v) is 7.36. The Bertz CT molecular complexity index is 422. The first-order valence-electron chi connectivity index (χ1n) is 6.21. The van der Waals surface area contributed by atoms with E-state index in [4.69, 9.17) is 5.73 Å². The van der Waals surface area contributed by atoms with Gasteiger partial charge in [-0.15, -0.1) is 0 Å². The predicted octanol–water partition coefficient (Wildman–Crippen LogP) is 1.95. The van der Waals surface area contributed by atoms with Gasteiger partial charge in [-0.1, -0.05) is 24.3 Å². The fourth-order valence-corrected chi connectivity index (χ4v) is 3.39. The Morgan fingerprint density at radius 3 is 3.06 bits per heavy atom. The molecule has 1 aliphatic carbocycles. The number of thioether (sulfide) groups is 1. The molecular formula is C14H19NO2S. The Morgan fingerprint density at radius 2 is 2.33 bits per heavy atom. The number of carbonyl (C=O) groups excluding carboxylic acids is 1. The third-order valence-corrected chi connectivity index (χ3v) is 4.52. The Kier molecular flexibility index (Phi) is 4.66. The fourth-order valence-electron chi connectivity index (χ4n) is 2.22. The molecule has 0 spiro atoms. The third-order valence-electron chi connectivity index (χ3n) is 3.36. The van der Waals surface area contributed by atoms with Crippen LogP contribution in [0, 0.1) is 0 Å². The minimum Gasteiger partial charge on any atom is -0.468 e. The molecule has 1 aromatic rings. The number of fused-ring (bicyclic) bond motifs is 1. The molecule has 1 aliphatic rings. The van der Waals surface area contributed by atoms with Crippen molar-refractivity contribution >= 4 is 17.7 Å². The minimum atomic E-state index is -0.476. The number of methoxy groups -OCH3 is 1. The molecule has 2 atom stereocenters. The highest BCUT2D eigenvalue weighted by Crippen LogP contribution is 2.37. The van der Waals surface area contributed by atoms with Crippen LogP contribution in [0.5, 0.6) is 0 Å². The number of ether oxygens (including phenoxy) is 1. The summed E-state index contributed by atoms with van der Waals surface area (Å²) in [5, 5.41) is 0. The Labute approximate surface area is 112 Å². The van der Waals surface area contributed by atoms with Crippen molar-refractivity contribution < 1.29 is 9.53 Å². The fraction of sp³-hybridized carbons (Fsp3) is 0.500. The van der Waals surface area contributed by atoms with E-state index in [9.17, 15) is 4.79 Å². The van der Waals surface area contributed by atoms with E-state index >= 15 is 0 Å². The lowest BCUT2D eigenvalue weighted by molar-refractivity contribution is -0.142. The van der Waals surface area contributed by atoms with Crippen LogP contribution in [0.1, 0.15) is 23.5 Å². The summed E-state index contributed by atoms with van der Waals surface area (Å²) < 4.78 is 4.60. The second-order valence-corrected chi connectivity index (χ2v) is 5.74. The average molecular weight is 265 g/mol. The van der Waals surface area contributed by atoms with Crippen LogP contribution in [-0.2, 0) is 16.0 Å². The van der Waals surface area contributed by atoms with Crippen LogP contribution in [0.4, 0.5) is 0 Å². The van der Waals surface area contributed by atoms with Gasteiger partial charge in [0.1, 0.15) is 6.04 Å². The van der Waals surface area contributed by atoms with Crippen molar-refractivity contribution in [1.29, 1.82) is 0 Å². The van der Waals surface area contributed by atoms with Crippen molar-refractivity contribution in [2.75, 3.05) is 18.6 Å². The SMILES string of the molecule is COC(=O)C(N)CCSCC1Cc2ccccc21. The average Bonchev–Trinajstić information content (AvgIpc) is 2.37. The van der Waals surface area contributed by atoms with Crippen LogP contribution in [0.3, 0.4) is 0 Å². The first kappa shape index (κ1) is 13.4. The van der Waals surface area contributed by atoms with Crippen LogP contribution in [0.25, 0.3) is 0 Å². The van der Waals surface area contributed by atoms with Gasteiger partial charge in [0.25, 0.3) is 0 Å². The summed E-state index contributed by atoms with van der Waals surface area (Å²) in [6, 6.07) is 8.13. The lowest BCUT2D eigenvalue weighted by Crippen LogP contribution is -2.32. The van der Waals surface area contributed by atoms with E-state index in [1.807, 2.05) is 11.8 Å². The van der Waals surface area contributed by atoms with Gasteiger partial charge < -0.3 is 10.5 Å². The number of benzene rings is 1. The quantitative estimate of drug-likeness (QED) is 0.631. The maximum Gasteiger partial charge on any atom is 0.322 e. The maximum absolute atomic E-state index is 11.1. The molecule has 2 unspecified atom stereocenters.